The summed E-state index contributed by atoms with van der Waals surface area (Å²) in [6.07, 6.45) is 1.99. The Morgan fingerprint density at radius 1 is 1.53 bits per heavy atom. The number of carboxylic acid groups (broad SMARTS) is 1. The molecule has 0 amide bonds. The van der Waals surface area contributed by atoms with Gasteiger partial charge in [-0.25, -0.2) is 4.79 Å². The van der Waals surface area contributed by atoms with E-state index in [0.717, 1.165) is 32.5 Å². The monoisotopic (exact) mass is 225 g/mol. The Labute approximate surface area is 93.3 Å². The third-order valence-corrected chi connectivity index (χ3v) is 4.13. The fourth-order valence-electron chi connectivity index (χ4n) is 1.96. The van der Waals surface area contributed by atoms with Gasteiger partial charge in [-0.2, -0.15) is 0 Å². The molecule has 1 aliphatic heterocycles. The Morgan fingerprint density at radius 2 is 2.27 bits per heavy atom. The molecule has 0 fully saturated rings. The molecule has 4 heteroatoms. The lowest BCUT2D eigenvalue weighted by molar-refractivity contribution is 0.0702. The van der Waals surface area contributed by atoms with Gasteiger partial charge in [0.25, 0.3) is 0 Å². The Hall–Kier alpha value is -0.870. The first kappa shape index (κ1) is 10.6. The molecular weight excluding hydrogens is 210 g/mol. The summed E-state index contributed by atoms with van der Waals surface area (Å²) in [6, 6.07) is 1.85. The second kappa shape index (κ2) is 4.33. The number of carboxylic acids is 1. The molecule has 1 aromatic rings. The molecule has 0 aliphatic carbocycles. The molecule has 0 saturated carbocycles. The van der Waals surface area contributed by atoms with Gasteiger partial charge in [0.2, 0.25) is 0 Å². The Morgan fingerprint density at radius 3 is 2.93 bits per heavy atom. The highest BCUT2D eigenvalue weighted by atomic mass is 32.1. The van der Waals surface area contributed by atoms with E-state index in [9.17, 15) is 4.79 Å². The van der Waals surface area contributed by atoms with E-state index in [1.165, 1.54) is 21.8 Å². The van der Waals surface area contributed by atoms with Crippen LogP contribution < -0.4 is 0 Å². The van der Waals surface area contributed by atoms with Crippen molar-refractivity contribution in [2.45, 2.75) is 19.8 Å². The largest absolute Gasteiger partial charge is 0.477 e. The Kier molecular flexibility index (Phi) is 3.07. The quantitative estimate of drug-likeness (QED) is 0.835. The topological polar surface area (TPSA) is 40.5 Å². The number of carbonyl (C=O) groups is 1. The molecule has 1 aliphatic rings. The van der Waals surface area contributed by atoms with Crippen molar-refractivity contribution in [3.8, 4) is 0 Å². The normalized spacial score (nSPS) is 17.1. The average Bonchev–Trinajstić information content (AvgIpc) is 2.53. The molecule has 0 unspecified atom stereocenters. The summed E-state index contributed by atoms with van der Waals surface area (Å²) in [5, 5.41) is 8.90. The van der Waals surface area contributed by atoms with Gasteiger partial charge < -0.3 is 10.0 Å². The molecule has 0 atom stereocenters. The number of rotatable bonds is 2. The van der Waals surface area contributed by atoms with E-state index >= 15 is 0 Å². The fraction of sp³-hybridized carbons (Fsp3) is 0.545. The zero-order valence-electron chi connectivity index (χ0n) is 8.82. The predicted molar refractivity (Wildman–Crippen MR) is 60.8 cm³/mol. The van der Waals surface area contributed by atoms with E-state index in [-0.39, 0.29) is 0 Å². The highest BCUT2D eigenvalue weighted by Gasteiger charge is 2.17. The molecule has 1 N–H and O–H groups in total. The van der Waals surface area contributed by atoms with Gasteiger partial charge in [0.15, 0.2) is 0 Å². The first-order chi connectivity index (χ1) is 7.20. The van der Waals surface area contributed by atoms with Crippen molar-refractivity contribution >= 4 is 17.3 Å². The van der Waals surface area contributed by atoms with Gasteiger partial charge in [0, 0.05) is 18.0 Å². The molecule has 0 spiro atoms. The number of nitrogens with zero attached hydrogens (tertiary/aromatic N) is 1. The maximum Gasteiger partial charge on any atom is 0.345 e. The molecule has 2 heterocycles. The van der Waals surface area contributed by atoms with Crippen molar-refractivity contribution in [1.29, 1.82) is 0 Å². The summed E-state index contributed by atoms with van der Waals surface area (Å²) in [6.45, 7) is 5.37. The number of thiophene rings is 1. The smallest absolute Gasteiger partial charge is 0.345 e. The van der Waals surface area contributed by atoms with Gasteiger partial charge in [0.05, 0.1) is 0 Å². The number of fused-ring (bicyclic) bond motifs is 1. The lowest BCUT2D eigenvalue weighted by Gasteiger charge is -2.16. The number of hydrogen-bond acceptors (Lipinski definition) is 3. The van der Waals surface area contributed by atoms with Crippen LogP contribution in [0.5, 0.6) is 0 Å². The summed E-state index contributed by atoms with van der Waals surface area (Å²) in [4.78, 5) is 15.0. The van der Waals surface area contributed by atoms with Crippen LogP contribution in [0.25, 0.3) is 0 Å². The van der Waals surface area contributed by atoms with Gasteiger partial charge in [-0.05, 0) is 31.0 Å². The zero-order valence-corrected chi connectivity index (χ0v) is 9.64. The highest BCUT2D eigenvalue weighted by Crippen LogP contribution is 2.26. The van der Waals surface area contributed by atoms with Gasteiger partial charge in [0.1, 0.15) is 4.88 Å². The van der Waals surface area contributed by atoms with E-state index in [0.29, 0.717) is 4.88 Å². The minimum absolute atomic E-state index is 0.491. The van der Waals surface area contributed by atoms with E-state index < -0.39 is 5.97 Å². The third kappa shape index (κ3) is 2.21. The van der Waals surface area contributed by atoms with Crippen LogP contribution in [0.1, 0.15) is 27.0 Å². The molecule has 1 aromatic heterocycles. The lowest BCUT2D eigenvalue weighted by atomic mass is 10.1. The first-order valence-electron chi connectivity index (χ1n) is 5.28. The third-order valence-electron chi connectivity index (χ3n) is 2.91. The molecule has 0 saturated heterocycles. The summed E-state index contributed by atoms with van der Waals surface area (Å²) in [5.41, 5.74) is 1.24. The molecule has 2 rings (SSSR count). The van der Waals surface area contributed by atoms with E-state index in [1.807, 2.05) is 6.07 Å². The summed E-state index contributed by atoms with van der Waals surface area (Å²) in [5.74, 6) is -0.791. The van der Waals surface area contributed by atoms with E-state index in [1.54, 1.807) is 0 Å². The van der Waals surface area contributed by atoms with Crippen molar-refractivity contribution in [2.75, 3.05) is 19.6 Å². The van der Waals surface area contributed by atoms with Gasteiger partial charge in [-0.1, -0.05) is 6.92 Å². The Balaban J connectivity index is 2.18. The van der Waals surface area contributed by atoms with Crippen LogP contribution >= 0.6 is 11.3 Å². The average molecular weight is 225 g/mol. The van der Waals surface area contributed by atoms with Crippen LogP contribution in [0.2, 0.25) is 0 Å². The van der Waals surface area contributed by atoms with E-state index in [4.69, 9.17) is 5.11 Å². The second-order valence-corrected chi connectivity index (χ2v) is 4.94. The Bertz CT molecular complexity index is 347. The van der Waals surface area contributed by atoms with Crippen molar-refractivity contribution in [1.82, 2.24) is 4.90 Å². The molecule has 0 radical (unpaired) electrons. The maximum atomic E-state index is 10.8. The lowest BCUT2D eigenvalue weighted by Crippen LogP contribution is -2.25. The number of hydrogen-bond donors (Lipinski definition) is 1. The highest BCUT2D eigenvalue weighted by molar-refractivity contribution is 7.14. The first-order valence-corrected chi connectivity index (χ1v) is 6.09. The van der Waals surface area contributed by atoms with Crippen LogP contribution in [0.4, 0.5) is 0 Å². The second-order valence-electron chi connectivity index (χ2n) is 3.80. The van der Waals surface area contributed by atoms with E-state index in [2.05, 4.69) is 11.8 Å². The van der Waals surface area contributed by atoms with Crippen molar-refractivity contribution < 1.29 is 9.90 Å². The molecule has 0 aromatic carbocycles. The van der Waals surface area contributed by atoms with Crippen molar-refractivity contribution in [3.05, 3.63) is 21.4 Å². The molecule has 82 valence electrons. The SMILES string of the molecule is CCN1CCc2cc(C(=O)O)sc2CC1. The van der Waals surface area contributed by atoms with Crippen LogP contribution in [0, 0.1) is 0 Å². The van der Waals surface area contributed by atoms with Crippen LogP contribution in [-0.2, 0) is 12.8 Å². The molecule has 0 bridgehead atoms. The predicted octanol–water partition coefficient (Wildman–Crippen LogP) is 1.87. The van der Waals surface area contributed by atoms with Crippen molar-refractivity contribution in [2.24, 2.45) is 0 Å². The molecule has 3 nitrogen and oxygen atoms in total. The van der Waals surface area contributed by atoms with Gasteiger partial charge in [-0.15, -0.1) is 11.3 Å². The van der Waals surface area contributed by atoms with Crippen molar-refractivity contribution in [3.63, 3.8) is 0 Å². The minimum Gasteiger partial charge on any atom is -0.477 e. The summed E-state index contributed by atoms with van der Waals surface area (Å²) in [7, 11) is 0. The van der Waals surface area contributed by atoms with Crippen LogP contribution in [0.3, 0.4) is 0 Å². The zero-order chi connectivity index (χ0) is 10.8. The number of likely N-dealkylation sites (N-methyl/N-ethyl adjacent to an activating group) is 1. The van der Waals surface area contributed by atoms with Crippen LogP contribution in [0.15, 0.2) is 6.07 Å². The van der Waals surface area contributed by atoms with Gasteiger partial charge >= 0.3 is 5.97 Å². The van der Waals surface area contributed by atoms with Crippen LogP contribution in [-0.4, -0.2) is 35.6 Å². The fourth-order valence-corrected chi connectivity index (χ4v) is 3.00. The summed E-state index contributed by atoms with van der Waals surface area (Å²) < 4.78 is 0. The standard InChI is InChI=1S/C11H15NO2S/c1-2-12-5-3-8-7-10(11(13)14)15-9(8)4-6-12/h7H,2-6H2,1H3,(H,13,14). The summed E-state index contributed by atoms with van der Waals surface area (Å²) >= 11 is 1.44. The minimum atomic E-state index is -0.791. The van der Waals surface area contributed by atoms with Gasteiger partial charge in [-0.3, -0.25) is 0 Å². The molecular formula is C11H15NO2S. The maximum absolute atomic E-state index is 10.8. The number of aromatic carboxylic acids is 1. The molecule has 15 heavy (non-hydrogen) atoms.